The lowest BCUT2D eigenvalue weighted by molar-refractivity contribution is 0.101. The van der Waals surface area contributed by atoms with Crippen molar-refractivity contribution in [1.29, 1.82) is 0 Å². The van der Waals surface area contributed by atoms with Crippen LogP contribution in [-0.4, -0.2) is 43.4 Å². The van der Waals surface area contributed by atoms with Crippen LogP contribution in [0.2, 0.25) is 5.02 Å². The zero-order valence-electron chi connectivity index (χ0n) is 12.5. The molecule has 1 aliphatic heterocycles. The van der Waals surface area contributed by atoms with Crippen molar-refractivity contribution >= 4 is 23.1 Å². The zero-order chi connectivity index (χ0) is 14.7. The first-order chi connectivity index (χ1) is 9.52. The van der Waals surface area contributed by atoms with E-state index >= 15 is 0 Å². The highest BCUT2D eigenvalue weighted by molar-refractivity contribution is 6.34. The lowest BCUT2D eigenvalue weighted by Gasteiger charge is -2.32. The van der Waals surface area contributed by atoms with E-state index in [0.29, 0.717) is 16.6 Å². The number of benzene rings is 1. The van der Waals surface area contributed by atoms with Crippen molar-refractivity contribution in [2.75, 3.05) is 31.6 Å². The lowest BCUT2D eigenvalue weighted by Crippen LogP contribution is -2.39. The van der Waals surface area contributed by atoms with Crippen LogP contribution in [0.5, 0.6) is 0 Å². The number of ketones is 1. The van der Waals surface area contributed by atoms with E-state index in [0.717, 1.165) is 38.2 Å². The first-order valence-electron chi connectivity index (χ1n) is 7.28. The summed E-state index contributed by atoms with van der Waals surface area (Å²) in [6.45, 7) is 7.02. The molecule has 3 nitrogen and oxygen atoms in total. The van der Waals surface area contributed by atoms with Gasteiger partial charge in [0, 0.05) is 30.4 Å². The Morgan fingerprint density at radius 2 is 2.15 bits per heavy atom. The van der Waals surface area contributed by atoms with E-state index in [1.165, 1.54) is 0 Å². The molecule has 0 bridgehead atoms. The summed E-state index contributed by atoms with van der Waals surface area (Å²) in [6.07, 6.45) is 2.26. The van der Waals surface area contributed by atoms with E-state index in [1.54, 1.807) is 6.92 Å². The summed E-state index contributed by atoms with van der Waals surface area (Å²) in [6, 6.07) is 6.31. The van der Waals surface area contributed by atoms with Crippen LogP contribution in [-0.2, 0) is 0 Å². The van der Waals surface area contributed by atoms with Gasteiger partial charge < -0.3 is 9.80 Å². The van der Waals surface area contributed by atoms with E-state index < -0.39 is 0 Å². The topological polar surface area (TPSA) is 23.6 Å². The number of hydrogen-bond acceptors (Lipinski definition) is 3. The molecular weight excluding hydrogens is 272 g/mol. The molecule has 0 aromatic heterocycles. The molecule has 0 N–H and O–H groups in total. The minimum absolute atomic E-state index is 0.0178. The van der Waals surface area contributed by atoms with Crippen molar-refractivity contribution < 1.29 is 4.79 Å². The minimum atomic E-state index is 0.0178. The highest BCUT2D eigenvalue weighted by atomic mass is 35.5. The van der Waals surface area contributed by atoms with E-state index in [2.05, 4.69) is 23.8 Å². The third kappa shape index (κ3) is 3.33. The van der Waals surface area contributed by atoms with Gasteiger partial charge >= 0.3 is 0 Å². The minimum Gasteiger partial charge on any atom is -0.367 e. The van der Waals surface area contributed by atoms with Crippen LogP contribution in [0, 0.1) is 0 Å². The van der Waals surface area contributed by atoms with Gasteiger partial charge in [-0.3, -0.25) is 4.79 Å². The molecular formula is C16H23ClN2O. The smallest absolute Gasteiger partial charge is 0.161 e. The highest BCUT2D eigenvalue weighted by Crippen LogP contribution is 2.27. The number of rotatable bonds is 3. The average Bonchev–Trinajstić information content (AvgIpc) is 2.59. The standard InChI is InChI=1S/C16H23ClN2O/c1-4-13-11-18(3)8-5-9-19(13)14-6-7-15(12(2)20)16(17)10-14/h6-7,10,13H,4-5,8-9,11H2,1-3H3. The number of likely N-dealkylation sites (N-methyl/N-ethyl adjacent to an activating group) is 1. The molecule has 1 aliphatic rings. The van der Waals surface area contributed by atoms with Gasteiger partial charge in [0.1, 0.15) is 0 Å². The molecule has 0 spiro atoms. The maximum Gasteiger partial charge on any atom is 0.161 e. The number of carbonyl (C=O) groups excluding carboxylic acids is 1. The van der Waals surface area contributed by atoms with Gasteiger partial charge in [-0.1, -0.05) is 18.5 Å². The summed E-state index contributed by atoms with van der Waals surface area (Å²) in [4.78, 5) is 16.3. The quantitative estimate of drug-likeness (QED) is 0.798. The Morgan fingerprint density at radius 3 is 2.75 bits per heavy atom. The summed E-state index contributed by atoms with van der Waals surface area (Å²) in [5, 5.41) is 0.558. The van der Waals surface area contributed by atoms with Crippen LogP contribution >= 0.6 is 11.6 Å². The van der Waals surface area contributed by atoms with Gasteiger partial charge in [0.15, 0.2) is 5.78 Å². The molecule has 1 heterocycles. The number of carbonyl (C=O) groups is 1. The van der Waals surface area contributed by atoms with Crippen LogP contribution in [0.3, 0.4) is 0 Å². The van der Waals surface area contributed by atoms with Crippen molar-refractivity contribution in [3.63, 3.8) is 0 Å². The van der Waals surface area contributed by atoms with Crippen molar-refractivity contribution in [2.45, 2.75) is 32.7 Å². The lowest BCUT2D eigenvalue weighted by atomic mass is 10.1. The largest absolute Gasteiger partial charge is 0.367 e. The van der Waals surface area contributed by atoms with Crippen molar-refractivity contribution in [3.05, 3.63) is 28.8 Å². The van der Waals surface area contributed by atoms with Gasteiger partial charge in [-0.2, -0.15) is 0 Å². The number of nitrogens with zero attached hydrogens (tertiary/aromatic N) is 2. The Balaban J connectivity index is 2.28. The number of Topliss-reactive ketones (excluding diaryl/α,β-unsaturated/α-hetero) is 1. The summed E-state index contributed by atoms with van der Waals surface area (Å²) in [5.74, 6) is 0.0178. The van der Waals surface area contributed by atoms with Gasteiger partial charge in [-0.25, -0.2) is 0 Å². The molecule has 20 heavy (non-hydrogen) atoms. The predicted molar refractivity (Wildman–Crippen MR) is 85.0 cm³/mol. The maximum atomic E-state index is 11.5. The fourth-order valence-electron chi connectivity index (χ4n) is 2.90. The van der Waals surface area contributed by atoms with Gasteiger partial charge in [0.05, 0.1) is 5.02 Å². The van der Waals surface area contributed by atoms with Crippen LogP contribution in [0.25, 0.3) is 0 Å². The Morgan fingerprint density at radius 1 is 1.40 bits per heavy atom. The van der Waals surface area contributed by atoms with Crippen molar-refractivity contribution in [1.82, 2.24) is 4.90 Å². The fourth-order valence-corrected chi connectivity index (χ4v) is 3.21. The highest BCUT2D eigenvalue weighted by Gasteiger charge is 2.22. The Hall–Kier alpha value is -1.06. The molecule has 0 radical (unpaired) electrons. The average molecular weight is 295 g/mol. The number of anilines is 1. The normalized spacial score (nSPS) is 20.8. The molecule has 1 aromatic carbocycles. The summed E-state index contributed by atoms with van der Waals surface area (Å²) in [7, 11) is 2.18. The zero-order valence-corrected chi connectivity index (χ0v) is 13.3. The third-order valence-electron chi connectivity index (χ3n) is 4.04. The number of hydrogen-bond donors (Lipinski definition) is 0. The first-order valence-corrected chi connectivity index (χ1v) is 7.66. The molecule has 1 fully saturated rings. The third-order valence-corrected chi connectivity index (χ3v) is 4.35. The van der Waals surface area contributed by atoms with Gasteiger partial charge in [0.2, 0.25) is 0 Å². The Labute approximate surface area is 126 Å². The van der Waals surface area contributed by atoms with E-state index in [1.807, 2.05) is 18.2 Å². The predicted octanol–water partition coefficient (Wildman–Crippen LogP) is 3.46. The molecule has 1 atom stereocenters. The fraction of sp³-hybridized carbons (Fsp3) is 0.562. The molecule has 0 aliphatic carbocycles. The van der Waals surface area contributed by atoms with Crippen LogP contribution in [0.1, 0.15) is 37.0 Å². The molecule has 2 rings (SSSR count). The molecule has 1 aromatic rings. The van der Waals surface area contributed by atoms with Crippen molar-refractivity contribution in [3.8, 4) is 0 Å². The van der Waals surface area contributed by atoms with Crippen molar-refractivity contribution in [2.24, 2.45) is 0 Å². The van der Waals surface area contributed by atoms with E-state index in [9.17, 15) is 4.79 Å². The number of halogens is 1. The second kappa shape index (κ2) is 6.59. The second-order valence-electron chi connectivity index (χ2n) is 5.59. The Bertz CT molecular complexity index is 489. The summed E-state index contributed by atoms with van der Waals surface area (Å²) in [5.41, 5.74) is 1.73. The van der Waals surface area contributed by atoms with Gasteiger partial charge in [-0.15, -0.1) is 0 Å². The van der Waals surface area contributed by atoms with E-state index in [-0.39, 0.29) is 5.78 Å². The molecule has 110 valence electrons. The first kappa shape index (κ1) is 15.3. The molecule has 0 amide bonds. The summed E-state index contributed by atoms with van der Waals surface area (Å²) >= 11 is 6.25. The SMILES string of the molecule is CCC1CN(C)CCCN1c1ccc(C(C)=O)c(Cl)c1. The monoisotopic (exact) mass is 294 g/mol. The molecule has 1 unspecified atom stereocenters. The van der Waals surface area contributed by atoms with Gasteiger partial charge in [0.25, 0.3) is 0 Å². The second-order valence-corrected chi connectivity index (χ2v) is 6.00. The molecule has 1 saturated heterocycles. The van der Waals surface area contributed by atoms with E-state index in [4.69, 9.17) is 11.6 Å². The summed E-state index contributed by atoms with van der Waals surface area (Å²) < 4.78 is 0. The molecule has 4 heteroatoms. The Kier molecular flexibility index (Phi) is 5.06. The van der Waals surface area contributed by atoms with Crippen LogP contribution < -0.4 is 4.90 Å². The van der Waals surface area contributed by atoms with Gasteiger partial charge in [-0.05, 0) is 51.6 Å². The van der Waals surface area contributed by atoms with Crippen LogP contribution in [0.15, 0.2) is 18.2 Å². The van der Waals surface area contributed by atoms with Crippen LogP contribution in [0.4, 0.5) is 5.69 Å². The molecule has 0 saturated carbocycles. The maximum absolute atomic E-state index is 11.5.